The maximum absolute atomic E-state index is 13.3. The highest BCUT2D eigenvalue weighted by Crippen LogP contribution is 2.13. The van der Waals surface area contributed by atoms with Gasteiger partial charge in [-0.05, 0) is 31.2 Å². The smallest absolute Gasteiger partial charge is 0.267 e. The number of aromatic nitrogens is 2. The summed E-state index contributed by atoms with van der Waals surface area (Å²) in [5.41, 5.74) is 2.64. The predicted octanol–water partition coefficient (Wildman–Crippen LogP) is 2.37. The van der Waals surface area contributed by atoms with Crippen LogP contribution < -0.4 is 11.0 Å². The van der Waals surface area contributed by atoms with Gasteiger partial charge >= 0.3 is 0 Å². The van der Waals surface area contributed by atoms with E-state index in [0.717, 1.165) is 16.8 Å². The second-order valence-electron chi connectivity index (χ2n) is 5.59. The Hall–Kier alpha value is -3.42. The van der Waals surface area contributed by atoms with Crippen molar-refractivity contribution in [3.8, 4) is 0 Å². The van der Waals surface area contributed by atoms with Gasteiger partial charge in [-0.2, -0.15) is 10.2 Å². The first-order valence-electron chi connectivity index (χ1n) is 7.64. The van der Waals surface area contributed by atoms with Gasteiger partial charge in [0, 0.05) is 18.0 Å². The minimum absolute atomic E-state index is 0.0320. The second kappa shape index (κ2) is 6.83. The van der Waals surface area contributed by atoms with Crippen molar-refractivity contribution in [2.45, 2.75) is 6.92 Å². The number of rotatable bonds is 3. The Labute approximate surface area is 146 Å². The Morgan fingerprint density at radius 1 is 1.12 bits per heavy atom. The summed E-state index contributed by atoms with van der Waals surface area (Å²) < 4.78 is 27.4. The number of nitrogens with zero attached hydrogens (tertiary/aromatic N) is 3. The van der Waals surface area contributed by atoms with E-state index < -0.39 is 17.5 Å². The van der Waals surface area contributed by atoms with Gasteiger partial charge in [0.2, 0.25) is 0 Å². The van der Waals surface area contributed by atoms with E-state index in [1.807, 2.05) is 0 Å². The van der Waals surface area contributed by atoms with Crippen LogP contribution in [0, 0.1) is 11.6 Å². The first kappa shape index (κ1) is 17.4. The van der Waals surface area contributed by atoms with Crippen molar-refractivity contribution in [1.29, 1.82) is 0 Å². The largest absolute Gasteiger partial charge is 0.292 e. The van der Waals surface area contributed by atoms with E-state index in [1.54, 1.807) is 31.2 Å². The van der Waals surface area contributed by atoms with E-state index in [0.29, 0.717) is 16.3 Å². The first-order chi connectivity index (χ1) is 12.4. The molecule has 1 amide bonds. The summed E-state index contributed by atoms with van der Waals surface area (Å²) in [5.74, 6) is -2.60. The van der Waals surface area contributed by atoms with Gasteiger partial charge in [-0.3, -0.25) is 9.59 Å². The summed E-state index contributed by atoms with van der Waals surface area (Å²) in [5, 5.41) is 8.65. The third-order valence-corrected chi connectivity index (χ3v) is 3.83. The molecule has 1 N–H and O–H groups in total. The molecule has 132 valence electrons. The molecule has 0 bridgehead atoms. The van der Waals surface area contributed by atoms with Crippen molar-refractivity contribution in [3.05, 3.63) is 75.7 Å². The molecule has 26 heavy (non-hydrogen) atoms. The zero-order valence-corrected chi connectivity index (χ0v) is 14.0. The molecular weight excluding hydrogens is 342 g/mol. The number of benzene rings is 2. The van der Waals surface area contributed by atoms with E-state index in [9.17, 15) is 18.4 Å². The molecule has 0 saturated carbocycles. The molecule has 0 spiro atoms. The summed E-state index contributed by atoms with van der Waals surface area (Å²) in [6, 6.07) is 9.92. The van der Waals surface area contributed by atoms with Gasteiger partial charge in [-0.15, -0.1) is 0 Å². The normalized spacial score (nSPS) is 11.6. The average molecular weight is 356 g/mol. The summed E-state index contributed by atoms with van der Waals surface area (Å²) in [6.45, 7) is 1.54. The van der Waals surface area contributed by atoms with Gasteiger partial charge in [0.1, 0.15) is 0 Å². The third-order valence-electron chi connectivity index (χ3n) is 3.83. The molecule has 0 aliphatic rings. The van der Waals surface area contributed by atoms with Gasteiger partial charge < -0.3 is 0 Å². The Kier molecular flexibility index (Phi) is 4.57. The quantitative estimate of drug-likeness (QED) is 0.578. The second-order valence-corrected chi connectivity index (χ2v) is 5.59. The van der Waals surface area contributed by atoms with Crippen LogP contribution in [-0.4, -0.2) is 21.4 Å². The van der Waals surface area contributed by atoms with Crippen molar-refractivity contribution in [3.63, 3.8) is 0 Å². The van der Waals surface area contributed by atoms with Crippen LogP contribution in [0.15, 0.2) is 52.4 Å². The molecule has 3 aromatic rings. The molecule has 0 unspecified atom stereocenters. The molecule has 0 atom stereocenters. The highest BCUT2D eigenvalue weighted by atomic mass is 19.2. The Morgan fingerprint density at radius 3 is 2.50 bits per heavy atom. The molecule has 1 heterocycles. The van der Waals surface area contributed by atoms with Crippen LogP contribution in [0.2, 0.25) is 0 Å². The summed E-state index contributed by atoms with van der Waals surface area (Å²) in [4.78, 5) is 24.5. The molecule has 3 rings (SSSR count). The lowest BCUT2D eigenvalue weighted by Crippen LogP contribution is -2.27. The van der Waals surface area contributed by atoms with Crippen LogP contribution in [0.25, 0.3) is 10.8 Å². The zero-order chi connectivity index (χ0) is 18.8. The number of amides is 1. The number of halogens is 2. The van der Waals surface area contributed by atoms with Crippen LogP contribution in [0.3, 0.4) is 0 Å². The molecule has 0 aliphatic carbocycles. The lowest BCUT2D eigenvalue weighted by Gasteiger charge is -2.07. The van der Waals surface area contributed by atoms with E-state index in [4.69, 9.17) is 0 Å². The topological polar surface area (TPSA) is 76.3 Å². The molecule has 6 nitrogen and oxygen atoms in total. The Morgan fingerprint density at radius 2 is 1.81 bits per heavy atom. The number of fused-ring (bicyclic) bond motifs is 1. The van der Waals surface area contributed by atoms with Gasteiger partial charge in [-0.25, -0.2) is 18.9 Å². The Balaban J connectivity index is 1.93. The highest BCUT2D eigenvalue weighted by Gasteiger charge is 2.15. The SMILES string of the molecule is C/C(=N/NC(=O)c1nn(C)c(=O)c2ccccc12)c1ccc(F)c(F)c1. The molecule has 0 radical (unpaired) electrons. The number of aryl methyl sites for hydroxylation is 1. The maximum atomic E-state index is 13.3. The molecule has 0 fully saturated rings. The van der Waals surface area contributed by atoms with Crippen LogP contribution >= 0.6 is 0 Å². The number of hydrazone groups is 1. The van der Waals surface area contributed by atoms with Crippen LogP contribution in [0.5, 0.6) is 0 Å². The molecular formula is C18H14F2N4O2. The van der Waals surface area contributed by atoms with E-state index >= 15 is 0 Å². The van der Waals surface area contributed by atoms with E-state index in [1.165, 1.54) is 13.1 Å². The van der Waals surface area contributed by atoms with Gasteiger partial charge in [0.15, 0.2) is 17.3 Å². The fraction of sp³-hybridized carbons (Fsp3) is 0.111. The molecule has 2 aromatic carbocycles. The molecule has 0 aliphatic heterocycles. The van der Waals surface area contributed by atoms with Crippen LogP contribution in [-0.2, 0) is 7.05 Å². The third kappa shape index (κ3) is 3.21. The highest BCUT2D eigenvalue weighted by molar-refractivity contribution is 6.06. The van der Waals surface area contributed by atoms with Crippen molar-refractivity contribution >= 4 is 22.4 Å². The van der Waals surface area contributed by atoms with Crippen LogP contribution in [0.4, 0.5) is 8.78 Å². The van der Waals surface area contributed by atoms with Crippen molar-refractivity contribution < 1.29 is 13.6 Å². The van der Waals surface area contributed by atoms with Crippen molar-refractivity contribution in [1.82, 2.24) is 15.2 Å². The maximum Gasteiger partial charge on any atom is 0.292 e. The monoisotopic (exact) mass is 356 g/mol. The van der Waals surface area contributed by atoms with E-state index in [2.05, 4.69) is 15.6 Å². The minimum atomic E-state index is -1.01. The fourth-order valence-electron chi connectivity index (χ4n) is 2.44. The summed E-state index contributed by atoms with van der Waals surface area (Å²) in [7, 11) is 1.45. The average Bonchev–Trinajstić information content (AvgIpc) is 2.64. The first-order valence-corrected chi connectivity index (χ1v) is 7.64. The molecule has 1 aromatic heterocycles. The van der Waals surface area contributed by atoms with Gasteiger partial charge in [0.05, 0.1) is 11.1 Å². The number of carbonyl (C=O) groups is 1. The van der Waals surface area contributed by atoms with E-state index in [-0.39, 0.29) is 17.0 Å². The van der Waals surface area contributed by atoms with Crippen molar-refractivity contribution in [2.75, 3.05) is 0 Å². The lowest BCUT2D eigenvalue weighted by atomic mass is 10.1. The minimum Gasteiger partial charge on any atom is -0.267 e. The predicted molar refractivity (Wildman–Crippen MR) is 93.0 cm³/mol. The standard InChI is InChI=1S/C18H14F2N4O2/c1-10(11-7-8-14(19)15(20)9-11)21-22-17(25)16-12-5-3-4-6-13(12)18(26)24(2)23-16/h3-9H,1-2H3,(H,22,25)/b21-10-. The van der Waals surface area contributed by atoms with Gasteiger partial charge in [-0.1, -0.05) is 18.2 Å². The lowest BCUT2D eigenvalue weighted by molar-refractivity contribution is 0.0949. The van der Waals surface area contributed by atoms with Gasteiger partial charge in [0.25, 0.3) is 11.5 Å². The summed E-state index contributed by atoms with van der Waals surface area (Å²) in [6.07, 6.45) is 0. The molecule has 8 heteroatoms. The number of hydrogen-bond donors (Lipinski definition) is 1. The van der Waals surface area contributed by atoms with Crippen LogP contribution in [0.1, 0.15) is 23.0 Å². The Bertz CT molecular complexity index is 1110. The van der Waals surface area contributed by atoms with Crippen molar-refractivity contribution in [2.24, 2.45) is 12.1 Å². The number of hydrogen-bond acceptors (Lipinski definition) is 4. The fourth-order valence-corrected chi connectivity index (χ4v) is 2.44. The number of nitrogens with one attached hydrogen (secondary N) is 1. The summed E-state index contributed by atoms with van der Waals surface area (Å²) >= 11 is 0. The zero-order valence-electron chi connectivity index (χ0n) is 14.0. The molecule has 0 saturated heterocycles. The number of carbonyl (C=O) groups excluding carboxylic acids is 1.